The number of amides is 1. The van der Waals surface area contributed by atoms with Crippen molar-refractivity contribution < 1.29 is 14.7 Å². The molecule has 36 heavy (non-hydrogen) atoms. The fourth-order valence-electron chi connectivity index (χ4n) is 3.79. The summed E-state index contributed by atoms with van der Waals surface area (Å²) in [5, 5.41) is 10.5. The molecule has 0 radical (unpaired) electrons. The van der Waals surface area contributed by atoms with Gasteiger partial charge in [0.2, 0.25) is 5.95 Å². The van der Waals surface area contributed by atoms with E-state index in [1.807, 2.05) is 33.1 Å². The minimum atomic E-state index is -0.905. The molecule has 1 N–H and O–H groups in total. The smallest absolute Gasteiger partial charge is 0.313 e. The molecule has 0 spiro atoms. The van der Waals surface area contributed by atoms with E-state index >= 15 is 0 Å². The number of fused-ring (bicyclic) bond motifs is 1. The number of carboxylic acids is 1. The fraction of sp³-hybridized carbons (Fsp3) is 0.478. The number of aryl methyl sites for hydroxylation is 1. The Morgan fingerprint density at radius 1 is 1.03 bits per heavy atom. The molecular formula is C23H30N8O3S2. The van der Waals surface area contributed by atoms with E-state index in [1.165, 1.54) is 4.88 Å². The summed E-state index contributed by atoms with van der Waals surface area (Å²) in [7, 11) is 7.46. The Hall–Kier alpha value is -3.19. The lowest BCUT2D eigenvalue weighted by Crippen LogP contribution is -2.49. The van der Waals surface area contributed by atoms with E-state index in [2.05, 4.69) is 32.8 Å². The number of nitrogens with zero attached hydrogens (tertiary/aromatic N) is 8. The molecule has 0 bridgehead atoms. The molecule has 1 amide bonds. The van der Waals surface area contributed by atoms with E-state index in [9.17, 15) is 9.59 Å². The largest absolute Gasteiger partial charge is 0.481 e. The minimum Gasteiger partial charge on any atom is -0.481 e. The molecule has 3 aromatic heterocycles. The molecule has 1 aliphatic rings. The third kappa shape index (κ3) is 5.62. The summed E-state index contributed by atoms with van der Waals surface area (Å²) >= 11 is 2.73. The number of thiophene rings is 1. The molecule has 0 saturated carbocycles. The SMILES string of the molecule is CCc1cc2c(N3CCN(C(=O)c4cc(N(C)C)nc(N(C)C)n4)CC3)nc(SCC(=O)O)nc2s1. The number of carboxylic acid groups (broad SMARTS) is 1. The highest BCUT2D eigenvalue weighted by atomic mass is 32.2. The average Bonchev–Trinajstić information content (AvgIpc) is 3.29. The van der Waals surface area contributed by atoms with Gasteiger partial charge < -0.3 is 24.7 Å². The van der Waals surface area contributed by atoms with Crippen molar-refractivity contribution in [3.63, 3.8) is 0 Å². The van der Waals surface area contributed by atoms with Crippen LogP contribution in [0.3, 0.4) is 0 Å². The second-order valence-electron chi connectivity index (χ2n) is 8.78. The van der Waals surface area contributed by atoms with Gasteiger partial charge in [-0.25, -0.2) is 15.0 Å². The summed E-state index contributed by atoms with van der Waals surface area (Å²) < 4.78 is 0. The first kappa shape index (κ1) is 25.9. The Bertz CT molecular complexity index is 1250. The zero-order chi connectivity index (χ0) is 26.0. The van der Waals surface area contributed by atoms with Crippen LogP contribution in [-0.4, -0.2) is 102 Å². The van der Waals surface area contributed by atoms with Crippen LogP contribution in [0.5, 0.6) is 0 Å². The maximum Gasteiger partial charge on any atom is 0.313 e. The first-order chi connectivity index (χ1) is 17.2. The van der Waals surface area contributed by atoms with E-state index < -0.39 is 5.97 Å². The highest BCUT2D eigenvalue weighted by molar-refractivity contribution is 7.99. The van der Waals surface area contributed by atoms with Crippen molar-refractivity contribution in [3.05, 3.63) is 22.7 Å². The number of aromatic nitrogens is 4. The first-order valence-electron chi connectivity index (χ1n) is 11.6. The number of hydrogen-bond acceptors (Lipinski definition) is 11. The molecule has 3 aromatic rings. The van der Waals surface area contributed by atoms with E-state index in [1.54, 1.807) is 27.2 Å². The van der Waals surface area contributed by atoms with Gasteiger partial charge in [0.15, 0.2) is 5.16 Å². The van der Waals surface area contributed by atoms with Gasteiger partial charge in [-0.05, 0) is 12.5 Å². The van der Waals surface area contributed by atoms with E-state index in [0.717, 1.165) is 34.2 Å². The van der Waals surface area contributed by atoms with Gasteiger partial charge in [0.1, 0.15) is 22.2 Å². The van der Waals surface area contributed by atoms with Crippen molar-refractivity contribution in [1.29, 1.82) is 0 Å². The summed E-state index contributed by atoms with van der Waals surface area (Å²) in [6.07, 6.45) is 0.892. The number of piperazine rings is 1. The predicted molar refractivity (Wildman–Crippen MR) is 144 cm³/mol. The molecule has 13 heteroatoms. The zero-order valence-electron chi connectivity index (χ0n) is 21.1. The molecule has 0 unspecified atom stereocenters. The van der Waals surface area contributed by atoms with E-state index in [-0.39, 0.29) is 11.7 Å². The lowest BCUT2D eigenvalue weighted by molar-refractivity contribution is -0.133. The second kappa shape index (κ2) is 10.8. The molecular weight excluding hydrogens is 500 g/mol. The quantitative estimate of drug-likeness (QED) is 0.341. The number of rotatable bonds is 8. The Balaban J connectivity index is 1.55. The van der Waals surface area contributed by atoms with Gasteiger partial charge in [-0.15, -0.1) is 11.3 Å². The molecule has 1 aliphatic heterocycles. The van der Waals surface area contributed by atoms with Crippen molar-refractivity contribution in [3.8, 4) is 0 Å². The number of aliphatic carboxylic acids is 1. The summed E-state index contributed by atoms with van der Waals surface area (Å²) in [6, 6.07) is 3.84. The van der Waals surface area contributed by atoms with Crippen LogP contribution >= 0.6 is 23.1 Å². The van der Waals surface area contributed by atoms with Crippen molar-refractivity contribution in [2.75, 3.05) is 74.8 Å². The van der Waals surface area contributed by atoms with Gasteiger partial charge >= 0.3 is 5.97 Å². The predicted octanol–water partition coefficient (Wildman–Crippen LogP) is 2.31. The van der Waals surface area contributed by atoms with Gasteiger partial charge in [-0.1, -0.05) is 18.7 Å². The van der Waals surface area contributed by atoms with Crippen LogP contribution in [-0.2, 0) is 11.2 Å². The molecule has 0 aromatic carbocycles. The molecule has 1 fully saturated rings. The normalized spacial score (nSPS) is 13.8. The van der Waals surface area contributed by atoms with Gasteiger partial charge in [-0.2, -0.15) is 4.98 Å². The van der Waals surface area contributed by atoms with Crippen LogP contribution in [0.4, 0.5) is 17.6 Å². The summed E-state index contributed by atoms with van der Waals surface area (Å²) in [5.41, 5.74) is 0.369. The van der Waals surface area contributed by atoms with Crippen LogP contribution in [0.15, 0.2) is 17.3 Å². The van der Waals surface area contributed by atoms with Gasteiger partial charge in [-0.3, -0.25) is 9.59 Å². The topological polar surface area (TPSA) is 119 Å². The van der Waals surface area contributed by atoms with Gasteiger partial charge in [0.25, 0.3) is 5.91 Å². The number of thioether (sulfide) groups is 1. The Morgan fingerprint density at radius 3 is 2.36 bits per heavy atom. The van der Waals surface area contributed by atoms with E-state index in [4.69, 9.17) is 10.1 Å². The molecule has 0 atom stereocenters. The Morgan fingerprint density at radius 2 is 1.75 bits per heavy atom. The number of carbonyl (C=O) groups excluding carboxylic acids is 1. The van der Waals surface area contributed by atoms with Crippen LogP contribution in [0, 0.1) is 0 Å². The molecule has 192 valence electrons. The van der Waals surface area contributed by atoms with Crippen LogP contribution in [0.25, 0.3) is 10.2 Å². The van der Waals surface area contributed by atoms with Crippen LogP contribution < -0.4 is 14.7 Å². The first-order valence-corrected chi connectivity index (χ1v) is 13.4. The van der Waals surface area contributed by atoms with Gasteiger partial charge in [0, 0.05) is 65.3 Å². The maximum atomic E-state index is 13.3. The molecule has 11 nitrogen and oxygen atoms in total. The molecule has 1 saturated heterocycles. The highest BCUT2D eigenvalue weighted by Crippen LogP contribution is 2.34. The lowest BCUT2D eigenvalue weighted by Gasteiger charge is -2.35. The number of anilines is 3. The summed E-state index contributed by atoms with van der Waals surface area (Å²) in [5.74, 6) is 0.830. The monoisotopic (exact) mass is 530 g/mol. The minimum absolute atomic E-state index is 0.0952. The van der Waals surface area contributed by atoms with Crippen LogP contribution in [0.1, 0.15) is 22.3 Å². The third-order valence-corrected chi connectivity index (χ3v) is 7.73. The van der Waals surface area contributed by atoms with Crippen molar-refractivity contribution >= 4 is 62.8 Å². The average molecular weight is 531 g/mol. The summed E-state index contributed by atoms with van der Waals surface area (Å²) in [4.78, 5) is 52.4. The lowest BCUT2D eigenvalue weighted by atomic mass is 10.2. The maximum absolute atomic E-state index is 13.3. The van der Waals surface area contributed by atoms with E-state index in [0.29, 0.717) is 48.8 Å². The standard InChI is InChI=1S/C23H30N8O3S2/c1-6-14-11-15-19(26-23(27-20(15)36-14)35-13-18(32)33)30-7-9-31(10-8-30)21(34)16-12-17(28(2)3)25-22(24-16)29(4)5/h11-12H,6-10,13H2,1-5H3,(H,32,33). The third-order valence-electron chi connectivity index (χ3n) is 5.72. The zero-order valence-corrected chi connectivity index (χ0v) is 22.7. The fourth-order valence-corrected chi connectivity index (χ4v) is 5.37. The summed E-state index contributed by atoms with van der Waals surface area (Å²) in [6.45, 7) is 4.34. The second-order valence-corrected chi connectivity index (χ2v) is 10.8. The highest BCUT2D eigenvalue weighted by Gasteiger charge is 2.27. The molecule has 4 heterocycles. The van der Waals surface area contributed by atoms with Gasteiger partial charge in [0.05, 0.1) is 11.1 Å². The van der Waals surface area contributed by atoms with Crippen LogP contribution in [0.2, 0.25) is 0 Å². The molecule has 0 aliphatic carbocycles. The Kier molecular flexibility index (Phi) is 7.79. The van der Waals surface area contributed by atoms with Crippen molar-refractivity contribution in [2.45, 2.75) is 18.5 Å². The number of carbonyl (C=O) groups is 2. The Labute approximate surface area is 218 Å². The number of hydrogen-bond donors (Lipinski definition) is 1. The molecule has 4 rings (SSSR count). The van der Waals surface area contributed by atoms with Crippen molar-refractivity contribution in [1.82, 2.24) is 24.8 Å². The van der Waals surface area contributed by atoms with Crippen molar-refractivity contribution in [2.24, 2.45) is 0 Å².